The molecule has 3 nitrogen and oxygen atoms in total. The fourth-order valence-corrected chi connectivity index (χ4v) is 2.88. The van der Waals surface area contributed by atoms with Crippen molar-refractivity contribution >= 4 is 0 Å². The molecule has 3 heteroatoms. The van der Waals surface area contributed by atoms with Crippen LogP contribution in [0.3, 0.4) is 0 Å². The first-order valence-corrected chi connectivity index (χ1v) is 8.06. The van der Waals surface area contributed by atoms with Crippen molar-refractivity contribution in [3.63, 3.8) is 0 Å². The zero-order chi connectivity index (χ0) is 14.2. The van der Waals surface area contributed by atoms with Gasteiger partial charge in [0.25, 0.3) is 0 Å². The van der Waals surface area contributed by atoms with Gasteiger partial charge in [-0.3, -0.25) is 4.90 Å². The number of nitrogens with zero attached hydrogens (tertiary/aromatic N) is 1. The van der Waals surface area contributed by atoms with E-state index >= 15 is 0 Å². The van der Waals surface area contributed by atoms with Gasteiger partial charge < -0.3 is 10.6 Å². The van der Waals surface area contributed by atoms with E-state index in [2.05, 4.69) is 53.6 Å². The monoisotopic (exact) mass is 275 g/mol. The Morgan fingerprint density at radius 3 is 2.60 bits per heavy atom. The Hall–Kier alpha value is -0.900. The maximum atomic E-state index is 3.61. The summed E-state index contributed by atoms with van der Waals surface area (Å²) < 4.78 is 0. The normalized spacial score (nSPS) is 18.9. The molecule has 1 atom stereocenters. The van der Waals surface area contributed by atoms with E-state index in [1.807, 2.05) is 0 Å². The van der Waals surface area contributed by atoms with Gasteiger partial charge in [0.05, 0.1) is 0 Å². The Bertz CT molecular complexity index is 382. The highest BCUT2D eigenvalue weighted by Crippen LogP contribution is 2.12. The van der Waals surface area contributed by atoms with Crippen molar-refractivity contribution in [2.75, 3.05) is 26.2 Å². The van der Waals surface area contributed by atoms with Crippen LogP contribution in [0.2, 0.25) is 0 Å². The molecular formula is C17H29N3. The van der Waals surface area contributed by atoms with Crippen molar-refractivity contribution in [3.8, 4) is 0 Å². The number of benzene rings is 1. The van der Waals surface area contributed by atoms with Crippen molar-refractivity contribution in [2.45, 2.75) is 45.8 Å². The van der Waals surface area contributed by atoms with Gasteiger partial charge in [0, 0.05) is 25.7 Å². The molecule has 0 radical (unpaired) electrons. The van der Waals surface area contributed by atoms with Crippen LogP contribution >= 0.6 is 0 Å². The lowest BCUT2D eigenvalue weighted by Crippen LogP contribution is -2.33. The third-order valence-electron chi connectivity index (χ3n) is 4.28. The highest BCUT2D eigenvalue weighted by Gasteiger charge is 2.13. The van der Waals surface area contributed by atoms with Crippen LogP contribution in [0.15, 0.2) is 24.3 Å². The average molecular weight is 275 g/mol. The van der Waals surface area contributed by atoms with Gasteiger partial charge >= 0.3 is 0 Å². The second kappa shape index (κ2) is 8.40. The summed E-state index contributed by atoms with van der Waals surface area (Å²) in [6.45, 7) is 11.0. The quantitative estimate of drug-likeness (QED) is 0.763. The third-order valence-corrected chi connectivity index (χ3v) is 4.28. The van der Waals surface area contributed by atoms with Crippen molar-refractivity contribution in [2.24, 2.45) is 0 Å². The standard InChI is InChI=1S/C17H29N3/c1-3-20(4-2)14-16-9-6-5-8-15(16)12-18-13-17-10-7-11-19-17/h5-6,8-9,17-19H,3-4,7,10-14H2,1-2H3. The van der Waals surface area contributed by atoms with Crippen LogP contribution < -0.4 is 10.6 Å². The van der Waals surface area contributed by atoms with Gasteiger partial charge in [-0.15, -0.1) is 0 Å². The summed E-state index contributed by atoms with van der Waals surface area (Å²) in [6, 6.07) is 9.50. The first-order chi connectivity index (χ1) is 9.83. The maximum Gasteiger partial charge on any atom is 0.0236 e. The molecule has 0 amide bonds. The van der Waals surface area contributed by atoms with Crippen LogP contribution in [0.5, 0.6) is 0 Å². The second-order valence-electron chi connectivity index (χ2n) is 5.65. The summed E-state index contributed by atoms with van der Waals surface area (Å²) in [5, 5.41) is 7.15. The van der Waals surface area contributed by atoms with E-state index in [0.29, 0.717) is 6.04 Å². The minimum Gasteiger partial charge on any atom is -0.313 e. The van der Waals surface area contributed by atoms with Crippen LogP contribution in [0.25, 0.3) is 0 Å². The van der Waals surface area contributed by atoms with Gasteiger partial charge in [0.15, 0.2) is 0 Å². The third kappa shape index (κ3) is 4.58. The number of rotatable bonds is 8. The summed E-state index contributed by atoms with van der Waals surface area (Å²) in [6.07, 6.45) is 2.64. The highest BCUT2D eigenvalue weighted by atomic mass is 15.1. The van der Waals surface area contributed by atoms with Gasteiger partial charge in [-0.25, -0.2) is 0 Å². The van der Waals surface area contributed by atoms with Gasteiger partial charge in [0.1, 0.15) is 0 Å². The van der Waals surface area contributed by atoms with E-state index in [1.165, 1.54) is 30.5 Å². The molecule has 1 aromatic carbocycles. The zero-order valence-corrected chi connectivity index (χ0v) is 13.0. The Kier molecular flexibility index (Phi) is 6.51. The van der Waals surface area contributed by atoms with Crippen molar-refractivity contribution in [3.05, 3.63) is 35.4 Å². The maximum absolute atomic E-state index is 3.61. The van der Waals surface area contributed by atoms with E-state index in [4.69, 9.17) is 0 Å². The molecule has 0 aliphatic carbocycles. The Morgan fingerprint density at radius 2 is 1.95 bits per heavy atom. The zero-order valence-electron chi connectivity index (χ0n) is 13.0. The minimum absolute atomic E-state index is 0.671. The topological polar surface area (TPSA) is 27.3 Å². The van der Waals surface area contributed by atoms with E-state index in [1.54, 1.807) is 0 Å². The Balaban J connectivity index is 1.86. The fraction of sp³-hybridized carbons (Fsp3) is 0.647. The predicted molar refractivity (Wildman–Crippen MR) is 85.8 cm³/mol. The van der Waals surface area contributed by atoms with Gasteiger partial charge in [-0.1, -0.05) is 38.1 Å². The molecule has 112 valence electrons. The molecule has 2 rings (SSSR count). The molecule has 1 aliphatic rings. The van der Waals surface area contributed by atoms with Crippen molar-refractivity contribution < 1.29 is 0 Å². The van der Waals surface area contributed by atoms with E-state index < -0.39 is 0 Å². The summed E-state index contributed by atoms with van der Waals surface area (Å²) in [5.41, 5.74) is 2.90. The first-order valence-electron chi connectivity index (χ1n) is 8.06. The van der Waals surface area contributed by atoms with Crippen LogP contribution in [0.1, 0.15) is 37.8 Å². The van der Waals surface area contributed by atoms with E-state index in [9.17, 15) is 0 Å². The summed E-state index contributed by atoms with van der Waals surface area (Å²) in [4.78, 5) is 2.47. The van der Waals surface area contributed by atoms with E-state index in [0.717, 1.165) is 32.7 Å². The number of hydrogen-bond donors (Lipinski definition) is 2. The number of hydrogen-bond acceptors (Lipinski definition) is 3. The fourth-order valence-electron chi connectivity index (χ4n) is 2.88. The predicted octanol–water partition coefficient (Wildman–Crippen LogP) is 2.37. The highest BCUT2D eigenvalue weighted by molar-refractivity contribution is 5.27. The van der Waals surface area contributed by atoms with Crippen molar-refractivity contribution in [1.82, 2.24) is 15.5 Å². The van der Waals surface area contributed by atoms with Gasteiger partial charge in [0.2, 0.25) is 0 Å². The molecule has 1 fully saturated rings. The molecule has 0 bridgehead atoms. The SMILES string of the molecule is CCN(CC)Cc1ccccc1CNCC1CCCN1. The van der Waals surface area contributed by atoms with Crippen LogP contribution in [-0.2, 0) is 13.1 Å². The first kappa shape index (κ1) is 15.5. The summed E-state index contributed by atoms with van der Waals surface area (Å²) in [5.74, 6) is 0. The molecule has 1 heterocycles. The average Bonchev–Trinajstić information content (AvgIpc) is 2.99. The summed E-state index contributed by atoms with van der Waals surface area (Å²) >= 11 is 0. The Morgan fingerprint density at radius 1 is 1.20 bits per heavy atom. The summed E-state index contributed by atoms with van der Waals surface area (Å²) in [7, 11) is 0. The molecule has 1 aliphatic heterocycles. The van der Waals surface area contributed by atoms with Gasteiger partial charge in [-0.05, 0) is 43.6 Å². The lowest BCUT2D eigenvalue weighted by atomic mass is 10.1. The van der Waals surface area contributed by atoms with E-state index in [-0.39, 0.29) is 0 Å². The molecule has 0 saturated carbocycles. The lowest BCUT2D eigenvalue weighted by molar-refractivity contribution is 0.294. The second-order valence-corrected chi connectivity index (χ2v) is 5.65. The number of nitrogens with one attached hydrogen (secondary N) is 2. The van der Waals surface area contributed by atoms with Crippen LogP contribution in [0, 0.1) is 0 Å². The largest absolute Gasteiger partial charge is 0.313 e. The smallest absolute Gasteiger partial charge is 0.0236 e. The lowest BCUT2D eigenvalue weighted by Gasteiger charge is -2.20. The molecule has 20 heavy (non-hydrogen) atoms. The molecular weight excluding hydrogens is 246 g/mol. The molecule has 0 spiro atoms. The Labute approximate surface area is 123 Å². The van der Waals surface area contributed by atoms with Crippen molar-refractivity contribution in [1.29, 1.82) is 0 Å². The molecule has 1 saturated heterocycles. The molecule has 1 unspecified atom stereocenters. The molecule has 0 aromatic heterocycles. The molecule has 2 N–H and O–H groups in total. The van der Waals surface area contributed by atoms with Gasteiger partial charge in [-0.2, -0.15) is 0 Å². The van der Waals surface area contributed by atoms with Crippen LogP contribution in [0.4, 0.5) is 0 Å². The van der Waals surface area contributed by atoms with Crippen LogP contribution in [-0.4, -0.2) is 37.1 Å². The minimum atomic E-state index is 0.671. The molecule has 1 aromatic rings.